The minimum Gasteiger partial charge on any atom is -0.462 e. The highest BCUT2D eigenvalue weighted by atomic mass is 31.2. The number of carbonyl (C=O) groups excluding carboxylic acids is 4. The van der Waals surface area contributed by atoms with Crippen LogP contribution in [0.15, 0.2) is 0 Å². The third-order valence-electron chi connectivity index (χ3n) is 17.9. The van der Waals surface area contributed by atoms with Crippen molar-refractivity contribution in [2.45, 2.75) is 401 Å². The van der Waals surface area contributed by atoms with E-state index in [0.717, 1.165) is 120 Å². The van der Waals surface area contributed by atoms with Crippen LogP contribution in [-0.2, 0) is 65.4 Å². The molecule has 0 spiro atoms. The van der Waals surface area contributed by atoms with Gasteiger partial charge in [0.15, 0.2) is 12.2 Å². The van der Waals surface area contributed by atoms with E-state index in [0.29, 0.717) is 25.7 Å². The first kappa shape index (κ1) is 93.1. The van der Waals surface area contributed by atoms with Crippen molar-refractivity contribution < 1.29 is 80.2 Å². The quantitative estimate of drug-likeness (QED) is 0.0222. The maximum Gasteiger partial charge on any atom is 0.472 e. The first-order valence-electron chi connectivity index (χ1n) is 39.2. The average molecular weight is 1400 g/mol. The fraction of sp³-hybridized carbons (Fsp3) is 0.947. The van der Waals surface area contributed by atoms with Crippen molar-refractivity contribution in [3.63, 3.8) is 0 Å². The SMILES string of the molecule is CCC(C)CCCCCCCCC(=O)OC[C@H](COP(=O)(O)OC[C@H](O)COP(=O)(O)OC[C@@H](COC(=O)CCCCCCCCCCCCCCCCC(C)C)OC(=O)CCCCCCCCCCC(C)C)OC(=O)CCCCCCCCCCCCCCCCC(C)C. The van der Waals surface area contributed by atoms with E-state index in [1.807, 2.05) is 0 Å². The largest absolute Gasteiger partial charge is 0.472 e. The highest BCUT2D eigenvalue weighted by Gasteiger charge is 2.30. The van der Waals surface area contributed by atoms with Crippen LogP contribution in [0.5, 0.6) is 0 Å². The van der Waals surface area contributed by atoms with Gasteiger partial charge in [-0.05, 0) is 49.4 Å². The summed E-state index contributed by atoms with van der Waals surface area (Å²) in [7, 11) is -9.91. The van der Waals surface area contributed by atoms with Crippen LogP contribution >= 0.6 is 15.6 Å². The maximum atomic E-state index is 13.1. The molecule has 0 heterocycles. The van der Waals surface area contributed by atoms with Crippen LogP contribution < -0.4 is 0 Å². The highest BCUT2D eigenvalue weighted by Crippen LogP contribution is 2.45. The summed E-state index contributed by atoms with van der Waals surface area (Å²) in [6.45, 7) is 14.2. The minimum atomic E-state index is -4.96. The summed E-state index contributed by atoms with van der Waals surface area (Å²) in [5.74, 6) is 0.920. The molecule has 95 heavy (non-hydrogen) atoms. The first-order valence-corrected chi connectivity index (χ1v) is 42.2. The van der Waals surface area contributed by atoms with E-state index >= 15 is 0 Å². The summed E-state index contributed by atoms with van der Waals surface area (Å²) < 4.78 is 68.5. The van der Waals surface area contributed by atoms with Gasteiger partial charge in [0.2, 0.25) is 0 Å². The molecule has 0 aliphatic carbocycles. The van der Waals surface area contributed by atoms with Crippen LogP contribution in [-0.4, -0.2) is 96.7 Å². The lowest BCUT2D eigenvalue weighted by Gasteiger charge is -2.21. The lowest BCUT2D eigenvalue weighted by molar-refractivity contribution is -0.161. The van der Waals surface area contributed by atoms with Crippen molar-refractivity contribution in [2.24, 2.45) is 23.7 Å². The van der Waals surface area contributed by atoms with Crippen molar-refractivity contribution in [3.8, 4) is 0 Å². The zero-order valence-corrected chi connectivity index (χ0v) is 64.1. The maximum absolute atomic E-state index is 13.1. The molecule has 0 saturated heterocycles. The Kier molecular flexibility index (Phi) is 64.0. The van der Waals surface area contributed by atoms with Gasteiger partial charge in [-0.1, -0.05) is 331 Å². The number of esters is 4. The molecule has 0 aliphatic heterocycles. The van der Waals surface area contributed by atoms with E-state index in [2.05, 4.69) is 55.4 Å². The number of aliphatic hydroxyl groups excluding tert-OH is 1. The zero-order valence-electron chi connectivity index (χ0n) is 62.3. The molecular weight excluding hydrogens is 1250 g/mol. The zero-order chi connectivity index (χ0) is 70.3. The van der Waals surface area contributed by atoms with E-state index in [4.69, 9.17) is 37.0 Å². The number of carbonyl (C=O) groups is 4. The van der Waals surface area contributed by atoms with E-state index < -0.39 is 97.5 Å². The molecule has 3 unspecified atom stereocenters. The molecule has 3 N–H and O–H groups in total. The van der Waals surface area contributed by atoms with Crippen LogP contribution in [0.2, 0.25) is 0 Å². The van der Waals surface area contributed by atoms with Crippen LogP contribution in [0.3, 0.4) is 0 Å². The van der Waals surface area contributed by atoms with E-state index in [1.165, 1.54) is 180 Å². The molecule has 0 rings (SSSR count). The molecule has 0 bridgehead atoms. The second kappa shape index (κ2) is 65.4. The summed E-state index contributed by atoms with van der Waals surface area (Å²) in [6.07, 6.45) is 50.0. The van der Waals surface area contributed by atoms with Gasteiger partial charge in [0.25, 0.3) is 0 Å². The number of aliphatic hydroxyl groups is 1. The summed E-state index contributed by atoms with van der Waals surface area (Å²) >= 11 is 0. The van der Waals surface area contributed by atoms with Gasteiger partial charge in [0.1, 0.15) is 19.3 Å². The Bertz CT molecular complexity index is 1870. The van der Waals surface area contributed by atoms with Crippen molar-refractivity contribution >= 4 is 39.5 Å². The van der Waals surface area contributed by atoms with Gasteiger partial charge in [0, 0.05) is 25.7 Å². The summed E-state index contributed by atoms with van der Waals surface area (Å²) in [5, 5.41) is 10.6. The molecule has 564 valence electrons. The number of phosphoric acid groups is 2. The lowest BCUT2D eigenvalue weighted by atomic mass is 10.00. The number of rotatable bonds is 73. The fourth-order valence-corrected chi connectivity index (χ4v) is 13.1. The number of unbranched alkanes of at least 4 members (excludes halogenated alkanes) is 38. The molecule has 19 heteroatoms. The standard InChI is InChI=1S/C76H148O17P2/c1-9-69(8)55-47-39-34-35-41-49-57-74(79)87-63-72(92-75(80)58-50-42-32-25-21-17-13-11-15-19-23-29-37-45-53-67(4)5)65-91-95(84,85)89-61-70(77)60-88-94(82,83)90-64-71(93-76(81)59-51-43-33-27-26-30-38-46-54-68(6)7)62-86-73(78)56-48-40-31-24-20-16-12-10-14-18-22-28-36-44-52-66(2)3/h66-72,77H,9-65H2,1-8H3,(H,82,83)(H,84,85)/t69?,70-,71-,72-/m1/s1. The predicted molar refractivity (Wildman–Crippen MR) is 386 cm³/mol. The van der Waals surface area contributed by atoms with Gasteiger partial charge >= 0.3 is 39.5 Å². The van der Waals surface area contributed by atoms with Gasteiger partial charge in [-0.3, -0.25) is 37.3 Å². The van der Waals surface area contributed by atoms with E-state index in [1.54, 1.807) is 0 Å². The van der Waals surface area contributed by atoms with Crippen LogP contribution in [0.4, 0.5) is 0 Å². The van der Waals surface area contributed by atoms with Crippen molar-refractivity contribution in [1.82, 2.24) is 0 Å². The minimum absolute atomic E-state index is 0.104. The molecule has 0 aliphatic rings. The normalized spacial score (nSPS) is 14.4. The van der Waals surface area contributed by atoms with Crippen molar-refractivity contribution in [3.05, 3.63) is 0 Å². The van der Waals surface area contributed by atoms with Crippen LogP contribution in [0.1, 0.15) is 383 Å². The number of ether oxygens (including phenoxy) is 4. The van der Waals surface area contributed by atoms with Gasteiger partial charge in [-0.15, -0.1) is 0 Å². The predicted octanol–water partition coefficient (Wildman–Crippen LogP) is 22.0. The van der Waals surface area contributed by atoms with Crippen molar-refractivity contribution in [2.75, 3.05) is 39.6 Å². The third kappa shape index (κ3) is 69.0. The topological polar surface area (TPSA) is 237 Å². The van der Waals surface area contributed by atoms with Crippen molar-refractivity contribution in [1.29, 1.82) is 0 Å². The summed E-state index contributed by atoms with van der Waals surface area (Å²) in [5.41, 5.74) is 0. The Morgan fingerprint density at radius 1 is 0.295 bits per heavy atom. The summed E-state index contributed by atoms with van der Waals surface area (Å²) in [6, 6.07) is 0. The Hall–Kier alpha value is -1.94. The smallest absolute Gasteiger partial charge is 0.462 e. The molecule has 0 aromatic rings. The Morgan fingerprint density at radius 2 is 0.505 bits per heavy atom. The number of hydrogen-bond acceptors (Lipinski definition) is 15. The van der Waals surface area contributed by atoms with Crippen LogP contribution in [0.25, 0.3) is 0 Å². The molecular formula is C76H148O17P2. The van der Waals surface area contributed by atoms with Gasteiger partial charge in [-0.2, -0.15) is 0 Å². The molecule has 0 aromatic carbocycles. The molecule has 0 radical (unpaired) electrons. The molecule has 17 nitrogen and oxygen atoms in total. The Labute approximate surface area is 581 Å². The molecule has 0 saturated carbocycles. The second-order valence-corrected chi connectivity index (χ2v) is 32.0. The van der Waals surface area contributed by atoms with Gasteiger partial charge in [0.05, 0.1) is 26.4 Å². The molecule has 0 amide bonds. The number of phosphoric ester groups is 2. The lowest BCUT2D eigenvalue weighted by Crippen LogP contribution is -2.30. The van der Waals surface area contributed by atoms with Crippen LogP contribution in [0, 0.1) is 23.7 Å². The molecule has 6 atom stereocenters. The van der Waals surface area contributed by atoms with Gasteiger partial charge < -0.3 is 33.8 Å². The van der Waals surface area contributed by atoms with Gasteiger partial charge in [-0.25, -0.2) is 9.13 Å². The molecule has 0 aromatic heterocycles. The number of hydrogen-bond donors (Lipinski definition) is 3. The fourth-order valence-electron chi connectivity index (χ4n) is 11.5. The summed E-state index contributed by atoms with van der Waals surface area (Å²) in [4.78, 5) is 72.8. The third-order valence-corrected chi connectivity index (χ3v) is 19.8. The highest BCUT2D eigenvalue weighted by molar-refractivity contribution is 7.47. The molecule has 0 fully saturated rings. The Balaban J connectivity index is 5.21. The van der Waals surface area contributed by atoms with E-state index in [9.17, 15) is 43.2 Å². The average Bonchev–Trinajstić information content (AvgIpc) is 1.61. The first-order chi connectivity index (χ1) is 45.6. The monoisotopic (exact) mass is 1400 g/mol. The Morgan fingerprint density at radius 3 is 0.747 bits per heavy atom. The van der Waals surface area contributed by atoms with E-state index in [-0.39, 0.29) is 25.7 Å². The second-order valence-electron chi connectivity index (χ2n) is 29.1.